The Bertz CT molecular complexity index is 939. The fraction of sp³-hybridized carbons (Fsp3) is 0.0833. The first-order valence-corrected chi connectivity index (χ1v) is 5.61. The van der Waals surface area contributed by atoms with E-state index in [1.807, 2.05) is 0 Å². The highest BCUT2D eigenvalue weighted by Crippen LogP contribution is 2.11. The number of aromatic nitrogens is 4. The van der Waals surface area contributed by atoms with Crippen molar-refractivity contribution < 1.29 is 8.78 Å². The molecule has 0 fully saturated rings. The molecule has 0 atom stereocenters. The second-order valence-corrected chi connectivity index (χ2v) is 4.17. The number of halogens is 2. The summed E-state index contributed by atoms with van der Waals surface area (Å²) in [7, 11) is 1.41. The van der Waals surface area contributed by atoms with Gasteiger partial charge in [-0.05, 0) is 12.1 Å². The van der Waals surface area contributed by atoms with Gasteiger partial charge in [0.2, 0.25) is 5.65 Å². The summed E-state index contributed by atoms with van der Waals surface area (Å²) in [5.74, 6) is -2.07. The first-order valence-electron chi connectivity index (χ1n) is 5.61. The predicted octanol–water partition coefficient (Wildman–Crippen LogP) is 0.462. The SMILES string of the molecule is Cn1nc2c(=O)n(-c3ccc(F)c(F)c3)ccn2c1=O. The van der Waals surface area contributed by atoms with Crippen LogP contribution in [0.25, 0.3) is 11.3 Å². The van der Waals surface area contributed by atoms with E-state index >= 15 is 0 Å². The minimum atomic E-state index is -1.06. The lowest BCUT2D eigenvalue weighted by Gasteiger charge is -2.05. The summed E-state index contributed by atoms with van der Waals surface area (Å²) in [4.78, 5) is 23.8. The molecule has 0 aliphatic rings. The maximum absolute atomic E-state index is 13.2. The van der Waals surface area contributed by atoms with Crippen molar-refractivity contribution in [3.8, 4) is 5.69 Å². The van der Waals surface area contributed by atoms with Crippen LogP contribution in [0.15, 0.2) is 40.2 Å². The summed E-state index contributed by atoms with van der Waals surface area (Å²) < 4.78 is 29.3. The van der Waals surface area contributed by atoms with E-state index in [1.54, 1.807) is 0 Å². The van der Waals surface area contributed by atoms with E-state index in [9.17, 15) is 18.4 Å². The third-order valence-corrected chi connectivity index (χ3v) is 2.91. The molecule has 8 heteroatoms. The summed E-state index contributed by atoms with van der Waals surface area (Å²) in [6.07, 6.45) is 2.64. The van der Waals surface area contributed by atoms with Gasteiger partial charge in [0.1, 0.15) is 0 Å². The van der Waals surface area contributed by atoms with Crippen LogP contribution in [0, 0.1) is 11.6 Å². The Morgan fingerprint density at radius 1 is 1.10 bits per heavy atom. The quantitative estimate of drug-likeness (QED) is 0.650. The Balaban J connectivity index is 2.32. The van der Waals surface area contributed by atoms with Crippen molar-refractivity contribution in [3.63, 3.8) is 0 Å². The molecular weight excluding hydrogens is 270 g/mol. The third-order valence-electron chi connectivity index (χ3n) is 2.91. The Kier molecular flexibility index (Phi) is 2.53. The Morgan fingerprint density at radius 2 is 1.85 bits per heavy atom. The van der Waals surface area contributed by atoms with Gasteiger partial charge in [0.05, 0.1) is 5.69 Å². The van der Waals surface area contributed by atoms with E-state index in [2.05, 4.69) is 5.10 Å². The highest BCUT2D eigenvalue weighted by atomic mass is 19.2. The number of rotatable bonds is 1. The van der Waals surface area contributed by atoms with Gasteiger partial charge in [-0.25, -0.2) is 22.7 Å². The molecule has 0 aliphatic carbocycles. The van der Waals surface area contributed by atoms with Crippen LogP contribution in [0.2, 0.25) is 0 Å². The molecule has 20 heavy (non-hydrogen) atoms. The van der Waals surface area contributed by atoms with Crippen LogP contribution in [-0.4, -0.2) is 18.7 Å². The van der Waals surface area contributed by atoms with E-state index in [0.717, 1.165) is 25.8 Å². The molecule has 0 N–H and O–H groups in total. The fourth-order valence-corrected chi connectivity index (χ4v) is 1.91. The number of hydrogen-bond acceptors (Lipinski definition) is 3. The molecular formula is C12H8F2N4O2. The maximum Gasteiger partial charge on any atom is 0.350 e. The molecule has 0 unspecified atom stereocenters. The van der Waals surface area contributed by atoms with Crippen LogP contribution < -0.4 is 11.2 Å². The number of aryl methyl sites for hydroxylation is 1. The minimum Gasteiger partial charge on any atom is -0.279 e. The molecule has 2 aromatic heterocycles. The van der Waals surface area contributed by atoms with Crippen LogP contribution in [0.1, 0.15) is 0 Å². The van der Waals surface area contributed by atoms with Gasteiger partial charge in [-0.3, -0.25) is 9.36 Å². The zero-order chi connectivity index (χ0) is 14.4. The van der Waals surface area contributed by atoms with Gasteiger partial charge in [-0.2, -0.15) is 0 Å². The van der Waals surface area contributed by atoms with Gasteiger partial charge in [-0.1, -0.05) is 0 Å². The van der Waals surface area contributed by atoms with Crippen LogP contribution >= 0.6 is 0 Å². The molecule has 0 spiro atoms. The zero-order valence-electron chi connectivity index (χ0n) is 10.2. The first-order chi connectivity index (χ1) is 9.49. The molecule has 0 bridgehead atoms. The average molecular weight is 278 g/mol. The van der Waals surface area contributed by atoms with Crippen molar-refractivity contribution in [1.82, 2.24) is 18.7 Å². The number of nitrogens with zero attached hydrogens (tertiary/aromatic N) is 4. The van der Waals surface area contributed by atoms with Crippen LogP contribution in [0.3, 0.4) is 0 Å². The second-order valence-electron chi connectivity index (χ2n) is 4.17. The lowest BCUT2D eigenvalue weighted by Crippen LogP contribution is -2.23. The van der Waals surface area contributed by atoms with Crippen molar-refractivity contribution in [2.45, 2.75) is 0 Å². The van der Waals surface area contributed by atoms with E-state index in [0.29, 0.717) is 0 Å². The summed E-state index contributed by atoms with van der Waals surface area (Å²) in [6.45, 7) is 0. The number of fused-ring (bicyclic) bond motifs is 1. The summed E-state index contributed by atoms with van der Waals surface area (Å²) in [5.41, 5.74) is -1.01. The van der Waals surface area contributed by atoms with Gasteiger partial charge in [0, 0.05) is 25.5 Å². The van der Waals surface area contributed by atoms with E-state index in [4.69, 9.17) is 0 Å². The van der Waals surface area contributed by atoms with Crippen LogP contribution in [0.5, 0.6) is 0 Å². The standard InChI is InChI=1S/C12H8F2N4O2/c1-16-12(20)18-5-4-17(11(19)10(18)15-16)7-2-3-8(13)9(14)6-7/h2-6H,1H3. The van der Waals surface area contributed by atoms with Crippen molar-refractivity contribution in [2.24, 2.45) is 7.05 Å². The maximum atomic E-state index is 13.2. The van der Waals surface area contributed by atoms with Gasteiger partial charge >= 0.3 is 11.2 Å². The minimum absolute atomic E-state index is 0.0928. The second kappa shape index (κ2) is 4.12. The molecule has 102 valence electrons. The van der Waals surface area contributed by atoms with Crippen molar-refractivity contribution in [3.05, 3.63) is 63.1 Å². The zero-order valence-corrected chi connectivity index (χ0v) is 10.2. The van der Waals surface area contributed by atoms with E-state index < -0.39 is 22.9 Å². The number of benzene rings is 1. The molecule has 0 amide bonds. The average Bonchev–Trinajstić information content (AvgIpc) is 2.71. The molecule has 1 aromatic carbocycles. The normalized spacial score (nSPS) is 11.2. The Hall–Kier alpha value is -2.77. The fourth-order valence-electron chi connectivity index (χ4n) is 1.91. The Morgan fingerprint density at radius 3 is 2.55 bits per heavy atom. The third kappa shape index (κ3) is 1.65. The molecule has 6 nitrogen and oxygen atoms in total. The largest absolute Gasteiger partial charge is 0.350 e. The molecule has 0 aliphatic heterocycles. The van der Waals surface area contributed by atoms with Gasteiger partial charge in [-0.15, -0.1) is 5.10 Å². The molecule has 2 heterocycles. The number of hydrogen-bond donors (Lipinski definition) is 0. The van der Waals surface area contributed by atoms with E-state index in [1.165, 1.54) is 25.5 Å². The lowest BCUT2D eigenvalue weighted by molar-refractivity contribution is 0.508. The van der Waals surface area contributed by atoms with Crippen LogP contribution in [-0.2, 0) is 7.05 Å². The van der Waals surface area contributed by atoms with Gasteiger partial charge < -0.3 is 0 Å². The van der Waals surface area contributed by atoms with Gasteiger partial charge in [0.15, 0.2) is 11.6 Å². The van der Waals surface area contributed by atoms with Gasteiger partial charge in [0.25, 0.3) is 0 Å². The molecule has 3 aromatic rings. The van der Waals surface area contributed by atoms with E-state index in [-0.39, 0.29) is 11.3 Å². The lowest BCUT2D eigenvalue weighted by atomic mass is 10.3. The summed E-state index contributed by atoms with van der Waals surface area (Å²) in [5, 5.41) is 3.80. The molecule has 3 rings (SSSR count). The smallest absolute Gasteiger partial charge is 0.279 e. The topological polar surface area (TPSA) is 61.3 Å². The highest BCUT2D eigenvalue weighted by Gasteiger charge is 2.12. The highest BCUT2D eigenvalue weighted by molar-refractivity contribution is 5.40. The van der Waals surface area contributed by atoms with Crippen LogP contribution in [0.4, 0.5) is 8.78 Å². The Labute approximate surface area is 110 Å². The molecule has 0 saturated heterocycles. The van der Waals surface area contributed by atoms with Crippen molar-refractivity contribution >= 4 is 5.65 Å². The summed E-state index contributed by atoms with van der Waals surface area (Å²) >= 11 is 0. The first kappa shape index (κ1) is 12.3. The van der Waals surface area contributed by atoms with Crippen molar-refractivity contribution in [1.29, 1.82) is 0 Å². The molecule has 0 radical (unpaired) electrons. The predicted molar refractivity (Wildman–Crippen MR) is 65.9 cm³/mol. The van der Waals surface area contributed by atoms with Crippen molar-refractivity contribution in [2.75, 3.05) is 0 Å². The monoisotopic (exact) mass is 278 g/mol. The summed E-state index contributed by atoms with van der Waals surface area (Å²) in [6, 6.07) is 3.08. The molecule has 0 saturated carbocycles.